The van der Waals surface area contributed by atoms with Gasteiger partial charge in [0.2, 0.25) is 5.91 Å². The van der Waals surface area contributed by atoms with Gasteiger partial charge in [0.15, 0.2) is 0 Å². The van der Waals surface area contributed by atoms with Gasteiger partial charge in [0.05, 0.1) is 12.0 Å². The maximum absolute atomic E-state index is 11.5. The van der Waals surface area contributed by atoms with Gasteiger partial charge < -0.3 is 15.3 Å². The average molecular weight is 210 g/mol. The quantitative estimate of drug-likeness (QED) is 0.676. The normalized spacial score (nSPS) is 25.9. The molecule has 2 rings (SSSR count). The molecule has 0 aromatic rings. The molecule has 0 radical (unpaired) electrons. The van der Waals surface area contributed by atoms with Gasteiger partial charge >= 0.3 is 5.97 Å². The van der Waals surface area contributed by atoms with Gasteiger partial charge in [-0.2, -0.15) is 0 Å². The fourth-order valence-corrected chi connectivity index (χ4v) is 2.00. The number of hydrogen-bond acceptors (Lipinski definition) is 3. The summed E-state index contributed by atoms with van der Waals surface area (Å²) in [7, 11) is 0. The molecule has 1 fully saturated rings. The molecule has 1 unspecified atom stereocenters. The maximum atomic E-state index is 11.5. The van der Waals surface area contributed by atoms with Crippen molar-refractivity contribution in [3.05, 3.63) is 11.8 Å². The monoisotopic (exact) mass is 210 g/mol. The van der Waals surface area contributed by atoms with Crippen molar-refractivity contribution in [2.75, 3.05) is 19.6 Å². The van der Waals surface area contributed by atoms with E-state index in [2.05, 4.69) is 5.32 Å². The smallest absolute Gasteiger partial charge is 0.333 e. The fraction of sp³-hybridized carbons (Fsp3) is 0.600. The first-order chi connectivity index (χ1) is 7.16. The van der Waals surface area contributed by atoms with E-state index in [4.69, 9.17) is 5.11 Å². The second kappa shape index (κ2) is 4.02. The third kappa shape index (κ3) is 2.18. The topological polar surface area (TPSA) is 69.6 Å². The minimum Gasteiger partial charge on any atom is -0.478 e. The molecule has 0 aromatic carbocycles. The van der Waals surface area contributed by atoms with Crippen LogP contribution in [0.4, 0.5) is 0 Å². The van der Waals surface area contributed by atoms with E-state index < -0.39 is 5.97 Å². The minimum absolute atomic E-state index is 0.0372. The van der Waals surface area contributed by atoms with Gasteiger partial charge in [0.1, 0.15) is 0 Å². The Morgan fingerprint density at radius 3 is 3.00 bits per heavy atom. The van der Waals surface area contributed by atoms with Crippen LogP contribution in [0, 0.1) is 5.92 Å². The van der Waals surface area contributed by atoms with Crippen molar-refractivity contribution >= 4 is 11.9 Å². The fourth-order valence-electron chi connectivity index (χ4n) is 2.00. The second-order valence-corrected chi connectivity index (χ2v) is 4.04. The van der Waals surface area contributed by atoms with Gasteiger partial charge in [-0.15, -0.1) is 0 Å². The van der Waals surface area contributed by atoms with E-state index in [0.29, 0.717) is 12.5 Å². The van der Waals surface area contributed by atoms with Crippen LogP contribution in [-0.2, 0) is 9.59 Å². The Balaban J connectivity index is 1.96. The van der Waals surface area contributed by atoms with E-state index in [1.807, 2.05) is 0 Å². The lowest BCUT2D eigenvalue weighted by Crippen LogP contribution is -2.28. The van der Waals surface area contributed by atoms with Crippen LogP contribution in [0.5, 0.6) is 0 Å². The van der Waals surface area contributed by atoms with Crippen molar-refractivity contribution in [1.29, 1.82) is 0 Å². The summed E-state index contributed by atoms with van der Waals surface area (Å²) in [4.78, 5) is 23.7. The summed E-state index contributed by atoms with van der Waals surface area (Å²) in [6.45, 7) is 2.55. The molecule has 1 saturated heterocycles. The Morgan fingerprint density at radius 2 is 2.47 bits per heavy atom. The van der Waals surface area contributed by atoms with Crippen LogP contribution in [0.1, 0.15) is 12.8 Å². The van der Waals surface area contributed by atoms with Crippen molar-refractivity contribution in [3.63, 3.8) is 0 Å². The highest BCUT2D eigenvalue weighted by molar-refractivity contribution is 5.97. The van der Waals surface area contributed by atoms with E-state index in [0.717, 1.165) is 19.5 Å². The van der Waals surface area contributed by atoms with E-state index in [1.165, 1.54) is 6.20 Å². The van der Waals surface area contributed by atoms with Gasteiger partial charge in [-0.3, -0.25) is 4.79 Å². The van der Waals surface area contributed by atoms with Crippen molar-refractivity contribution in [2.45, 2.75) is 12.8 Å². The Hall–Kier alpha value is -1.36. The van der Waals surface area contributed by atoms with E-state index >= 15 is 0 Å². The minimum atomic E-state index is -0.990. The summed E-state index contributed by atoms with van der Waals surface area (Å²) in [5, 5.41) is 12.0. The van der Waals surface area contributed by atoms with Crippen LogP contribution in [0.2, 0.25) is 0 Å². The molecule has 2 N–H and O–H groups in total. The molecule has 82 valence electrons. The molecule has 5 heteroatoms. The number of aliphatic carboxylic acids is 1. The van der Waals surface area contributed by atoms with Gasteiger partial charge in [-0.25, -0.2) is 4.79 Å². The number of nitrogens with one attached hydrogen (secondary N) is 1. The van der Waals surface area contributed by atoms with Gasteiger partial charge in [-0.05, 0) is 25.4 Å². The van der Waals surface area contributed by atoms with E-state index in [1.54, 1.807) is 4.90 Å². The van der Waals surface area contributed by atoms with E-state index in [9.17, 15) is 9.59 Å². The molecule has 2 heterocycles. The SMILES string of the molecule is O=C(O)C1=CN(CC2CCNC2)C(=O)C1. The molecular formula is C10H14N2O3. The molecule has 0 aliphatic carbocycles. The number of amides is 1. The Kier molecular flexibility index (Phi) is 2.73. The number of hydrogen-bond donors (Lipinski definition) is 2. The van der Waals surface area contributed by atoms with Crippen LogP contribution in [0.25, 0.3) is 0 Å². The lowest BCUT2D eigenvalue weighted by Gasteiger charge is -2.17. The maximum Gasteiger partial charge on any atom is 0.333 e. The molecule has 0 bridgehead atoms. The highest BCUT2D eigenvalue weighted by atomic mass is 16.4. The summed E-state index contributed by atoms with van der Waals surface area (Å²) < 4.78 is 0. The van der Waals surface area contributed by atoms with Crippen LogP contribution < -0.4 is 5.32 Å². The number of carbonyl (C=O) groups is 2. The zero-order valence-corrected chi connectivity index (χ0v) is 8.40. The molecule has 0 saturated carbocycles. The van der Waals surface area contributed by atoms with Crippen molar-refractivity contribution < 1.29 is 14.7 Å². The highest BCUT2D eigenvalue weighted by Crippen LogP contribution is 2.19. The third-order valence-corrected chi connectivity index (χ3v) is 2.87. The first kappa shape index (κ1) is 10.2. The zero-order chi connectivity index (χ0) is 10.8. The standard InChI is InChI=1S/C10H14N2O3/c13-9-3-8(10(14)15)6-12(9)5-7-1-2-11-4-7/h6-7,11H,1-5H2,(H,14,15). The molecule has 1 amide bonds. The third-order valence-electron chi connectivity index (χ3n) is 2.87. The number of carbonyl (C=O) groups excluding carboxylic acids is 1. The molecular weight excluding hydrogens is 196 g/mol. The Bertz CT molecular complexity index is 319. The molecule has 5 nitrogen and oxygen atoms in total. The first-order valence-corrected chi connectivity index (χ1v) is 5.11. The summed E-state index contributed by atoms with van der Waals surface area (Å²) >= 11 is 0. The molecule has 15 heavy (non-hydrogen) atoms. The molecule has 1 atom stereocenters. The largest absolute Gasteiger partial charge is 0.478 e. The lowest BCUT2D eigenvalue weighted by molar-refractivity contribution is -0.134. The number of carboxylic acids is 1. The molecule has 0 spiro atoms. The predicted octanol–water partition coefficient (Wildman–Crippen LogP) is -0.203. The average Bonchev–Trinajstić information content (AvgIpc) is 2.77. The van der Waals surface area contributed by atoms with Crippen LogP contribution in [0.3, 0.4) is 0 Å². The molecule has 2 aliphatic heterocycles. The number of nitrogens with zero attached hydrogens (tertiary/aromatic N) is 1. The van der Waals surface area contributed by atoms with Gasteiger partial charge in [-0.1, -0.05) is 0 Å². The van der Waals surface area contributed by atoms with Gasteiger partial charge in [0.25, 0.3) is 0 Å². The Morgan fingerprint density at radius 1 is 1.67 bits per heavy atom. The van der Waals surface area contributed by atoms with Crippen molar-refractivity contribution in [2.24, 2.45) is 5.92 Å². The van der Waals surface area contributed by atoms with Crippen molar-refractivity contribution in [1.82, 2.24) is 10.2 Å². The van der Waals surface area contributed by atoms with E-state index in [-0.39, 0.29) is 17.9 Å². The van der Waals surface area contributed by atoms with Gasteiger partial charge in [0, 0.05) is 12.7 Å². The van der Waals surface area contributed by atoms with Crippen LogP contribution >= 0.6 is 0 Å². The molecule has 2 aliphatic rings. The predicted molar refractivity (Wildman–Crippen MR) is 53.0 cm³/mol. The molecule has 0 aromatic heterocycles. The summed E-state index contributed by atoms with van der Waals surface area (Å²) in [5.74, 6) is -0.631. The highest BCUT2D eigenvalue weighted by Gasteiger charge is 2.28. The first-order valence-electron chi connectivity index (χ1n) is 5.11. The Labute approximate surface area is 87.7 Å². The summed E-state index contributed by atoms with van der Waals surface area (Å²) in [6, 6.07) is 0. The number of rotatable bonds is 3. The number of carboxylic acid groups (broad SMARTS) is 1. The zero-order valence-electron chi connectivity index (χ0n) is 8.40. The summed E-state index contributed by atoms with van der Waals surface area (Å²) in [6.07, 6.45) is 2.57. The summed E-state index contributed by atoms with van der Waals surface area (Å²) in [5.41, 5.74) is 0.200. The second-order valence-electron chi connectivity index (χ2n) is 4.04. The van der Waals surface area contributed by atoms with Crippen LogP contribution in [0.15, 0.2) is 11.8 Å². The van der Waals surface area contributed by atoms with Crippen molar-refractivity contribution in [3.8, 4) is 0 Å². The lowest BCUT2D eigenvalue weighted by atomic mass is 10.1. The van der Waals surface area contributed by atoms with Crippen LogP contribution in [-0.4, -0.2) is 41.5 Å².